The highest BCUT2D eigenvalue weighted by molar-refractivity contribution is 7.98. The van der Waals surface area contributed by atoms with Crippen molar-refractivity contribution in [1.29, 1.82) is 0 Å². The highest BCUT2D eigenvalue weighted by Gasteiger charge is 2.13. The average Bonchev–Trinajstić information content (AvgIpc) is 2.44. The van der Waals surface area contributed by atoms with Crippen LogP contribution in [0.5, 0.6) is 0 Å². The number of hydrogen-bond acceptors (Lipinski definition) is 3. The van der Waals surface area contributed by atoms with Gasteiger partial charge >= 0.3 is 0 Å². The molecule has 5 heteroatoms. The Morgan fingerprint density at radius 2 is 2.10 bits per heavy atom. The van der Waals surface area contributed by atoms with Crippen molar-refractivity contribution in [2.45, 2.75) is 31.3 Å². The summed E-state index contributed by atoms with van der Waals surface area (Å²) in [5, 5.41) is 0.607. The van der Waals surface area contributed by atoms with E-state index in [1.165, 1.54) is 17.8 Å². The monoisotopic (exact) mass is 292 g/mol. The van der Waals surface area contributed by atoms with Gasteiger partial charge in [-0.1, -0.05) is 43.3 Å². The summed E-state index contributed by atoms with van der Waals surface area (Å²) < 4.78 is 13.7. The minimum absolute atomic E-state index is 0.170. The molecule has 0 saturated carbocycles. The number of aryl methyl sites for hydroxylation is 1. The molecule has 20 heavy (non-hydrogen) atoms. The van der Waals surface area contributed by atoms with Crippen molar-refractivity contribution in [2.24, 2.45) is 0 Å². The van der Waals surface area contributed by atoms with E-state index in [-0.39, 0.29) is 17.8 Å². The molecule has 1 aromatic heterocycles. The molecule has 0 unspecified atom stereocenters. The number of H-pyrrole nitrogens is 1. The standard InChI is InChI=1S/C15H17FN2OS/c1-3-6-13-11(14(19)18-15(17-13)20-2)9-10-7-4-5-8-12(10)16/h4-5,7-8H,3,6,9H2,1-2H3,(H,17,18,19). The Balaban J connectivity index is 2.45. The Hall–Kier alpha value is -1.62. The molecule has 1 heterocycles. The number of aromatic amines is 1. The van der Waals surface area contributed by atoms with Crippen LogP contribution >= 0.6 is 11.8 Å². The summed E-state index contributed by atoms with van der Waals surface area (Å²) in [6.45, 7) is 2.04. The third-order valence-corrected chi connectivity index (χ3v) is 3.66. The Morgan fingerprint density at radius 3 is 2.75 bits per heavy atom. The summed E-state index contributed by atoms with van der Waals surface area (Å²) >= 11 is 1.40. The van der Waals surface area contributed by atoms with E-state index in [9.17, 15) is 9.18 Å². The second-order valence-electron chi connectivity index (χ2n) is 4.52. The van der Waals surface area contributed by atoms with E-state index < -0.39 is 0 Å². The number of rotatable bonds is 5. The molecule has 0 spiro atoms. The van der Waals surface area contributed by atoms with Gasteiger partial charge in [-0.3, -0.25) is 4.79 Å². The first kappa shape index (κ1) is 14.8. The molecule has 0 aliphatic carbocycles. The van der Waals surface area contributed by atoms with Crippen molar-refractivity contribution in [1.82, 2.24) is 9.97 Å². The van der Waals surface area contributed by atoms with Crippen molar-refractivity contribution in [3.63, 3.8) is 0 Å². The number of aromatic nitrogens is 2. The molecule has 0 amide bonds. The van der Waals surface area contributed by atoms with Crippen molar-refractivity contribution >= 4 is 11.8 Å². The molecule has 2 rings (SSSR count). The quantitative estimate of drug-likeness (QED) is 0.680. The Morgan fingerprint density at radius 1 is 1.35 bits per heavy atom. The molecular weight excluding hydrogens is 275 g/mol. The molecule has 3 nitrogen and oxygen atoms in total. The number of benzene rings is 1. The number of hydrogen-bond donors (Lipinski definition) is 1. The third-order valence-electron chi connectivity index (χ3n) is 3.08. The van der Waals surface area contributed by atoms with Crippen LogP contribution in [0.15, 0.2) is 34.2 Å². The molecule has 0 aliphatic rings. The van der Waals surface area contributed by atoms with E-state index in [1.54, 1.807) is 18.2 Å². The smallest absolute Gasteiger partial charge is 0.255 e. The van der Waals surface area contributed by atoms with E-state index in [0.29, 0.717) is 16.3 Å². The van der Waals surface area contributed by atoms with Gasteiger partial charge in [-0.15, -0.1) is 0 Å². The zero-order valence-corrected chi connectivity index (χ0v) is 12.4. The van der Waals surface area contributed by atoms with E-state index in [0.717, 1.165) is 18.5 Å². The van der Waals surface area contributed by atoms with Gasteiger partial charge in [0.1, 0.15) is 5.82 Å². The van der Waals surface area contributed by atoms with Gasteiger partial charge in [0, 0.05) is 12.0 Å². The van der Waals surface area contributed by atoms with Gasteiger partial charge in [0.15, 0.2) is 5.16 Å². The van der Waals surface area contributed by atoms with Crippen molar-refractivity contribution < 1.29 is 4.39 Å². The maximum absolute atomic E-state index is 13.7. The first-order valence-corrected chi connectivity index (χ1v) is 7.77. The highest BCUT2D eigenvalue weighted by atomic mass is 32.2. The van der Waals surface area contributed by atoms with Gasteiger partial charge in [0.25, 0.3) is 5.56 Å². The molecule has 1 aromatic carbocycles. The fraction of sp³-hybridized carbons (Fsp3) is 0.333. The molecule has 1 N–H and O–H groups in total. The van der Waals surface area contributed by atoms with Gasteiger partial charge < -0.3 is 4.98 Å². The van der Waals surface area contributed by atoms with Crippen molar-refractivity contribution in [2.75, 3.05) is 6.26 Å². The molecular formula is C15H17FN2OS. The van der Waals surface area contributed by atoms with Crippen molar-refractivity contribution in [3.8, 4) is 0 Å². The second-order valence-corrected chi connectivity index (χ2v) is 5.31. The van der Waals surface area contributed by atoms with Crippen LogP contribution in [0.25, 0.3) is 0 Å². The predicted molar refractivity (Wildman–Crippen MR) is 79.8 cm³/mol. The molecule has 0 radical (unpaired) electrons. The van der Waals surface area contributed by atoms with Gasteiger partial charge in [-0.05, 0) is 24.3 Å². The van der Waals surface area contributed by atoms with Crippen LogP contribution in [-0.2, 0) is 12.8 Å². The van der Waals surface area contributed by atoms with Gasteiger partial charge in [-0.25, -0.2) is 9.37 Å². The van der Waals surface area contributed by atoms with Crippen LogP contribution in [0.1, 0.15) is 30.2 Å². The van der Waals surface area contributed by atoms with E-state index >= 15 is 0 Å². The normalized spacial score (nSPS) is 10.8. The lowest BCUT2D eigenvalue weighted by Crippen LogP contribution is -2.19. The maximum Gasteiger partial charge on any atom is 0.255 e. The van der Waals surface area contributed by atoms with Gasteiger partial charge in [0.2, 0.25) is 0 Å². The Labute approximate surface area is 121 Å². The molecule has 106 valence electrons. The highest BCUT2D eigenvalue weighted by Crippen LogP contribution is 2.16. The number of halogens is 1. The third kappa shape index (κ3) is 3.28. The Kier molecular flexibility index (Phi) is 4.95. The Bertz CT molecular complexity index is 655. The zero-order valence-electron chi connectivity index (χ0n) is 11.6. The summed E-state index contributed by atoms with van der Waals surface area (Å²) in [5.41, 5.74) is 1.68. The second kappa shape index (κ2) is 6.70. The largest absolute Gasteiger partial charge is 0.301 e. The average molecular weight is 292 g/mol. The molecule has 0 atom stereocenters. The number of nitrogens with one attached hydrogen (secondary N) is 1. The van der Waals surface area contributed by atoms with Crippen LogP contribution in [-0.4, -0.2) is 16.2 Å². The van der Waals surface area contributed by atoms with Crippen molar-refractivity contribution in [3.05, 3.63) is 57.3 Å². The van der Waals surface area contributed by atoms with E-state index in [2.05, 4.69) is 9.97 Å². The maximum atomic E-state index is 13.7. The summed E-state index contributed by atoms with van der Waals surface area (Å²) in [6, 6.07) is 6.53. The summed E-state index contributed by atoms with van der Waals surface area (Å²) in [4.78, 5) is 19.4. The summed E-state index contributed by atoms with van der Waals surface area (Å²) in [7, 11) is 0. The van der Waals surface area contributed by atoms with Crippen LogP contribution in [0, 0.1) is 5.82 Å². The van der Waals surface area contributed by atoms with E-state index in [1.807, 2.05) is 13.2 Å². The molecule has 0 aliphatic heterocycles. The molecule has 2 aromatic rings. The predicted octanol–water partition coefficient (Wildman–Crippen LogP) is 3.17. The van der Waals surface area contributed by atoms with Crippen LogP contribution in [0.4, 0.5) is 4.39 Å². The summed E-state index contributed by atoms with van der Waals surface area (Å²) in [6.07, 6.45) is 3.76. The van der Waals surface area contributed by atoms with Crippen LogP contribution < -0.4 is 5.56 Å². The number of nitrogens with zero attached hydrogens (tertiary/aromatic N) is 1. The molecule has 0 bridgehead atoms. The summed E-state index contributed by atoms with van der Waals surface area (Å²) in [5.74, 6) is -0.289. The van der Waals surface area contributed by atoms with Gasteiger partial charge in [0.05, 0.1) is 5.69 Å². The topological polar surface area (TPSA) is 45.8 Å². The van der Waals surface area contributed by atoms with Crippen LogP contribution in [0.2, 0.25) is 0 Å². The minimum Gasteiger partial charge on any atom is -0.301 e. The van der Waals surface area contributed by atoms with Gasteiger partial charge in [-0.2, -0.15) is 0 Å². The SMILES string of the molecule is CCCc1nc(SC)[nH]c(=O)c1Cc1ccccc1F. The first-order chi connectivity index (χ1) is 9.65. The molecule has 0 fully saturated rings. The molecule has 0 saturated heterocycles. The lowest BCUT2D eigenvalue weighted by atomic mass is 10.0. The zero-order chi connectivity index (χ0) is 14.5. The lowest BCUT2D eigenvalue weighted by Gasteiger charge is -2.09. The van der Waals surface area contributed by atoms with Crippen LogP contribution in [0.3, 0.4) is 0 Å². The minimum atomic E-state index is -0.289. The lowest BCUT2D eigenvalue weighted by molar-refractivity contribution is 0.612. The fourth-order valence-corrected chi connectivity index (χ4v) is 2.47. The van der Waals surface area contributed by atoms with E-state index in [4.69, 9.17) is 0 Å². The number of thioether (sulfide) groups is 1. The first-order valence-electron chi connectivity index (χ1n) is 6.55. The fourth-order valence-electron chi connectivity index (χ4n) is 2.08.